The van der Waals surface area contributed by atoms with Crippen LogP contribution in [-0.4, -0.2) is 50.2 Å². The molecule has 0 aliphatic carbocycles. The summed E-state index contributed by atoms with van der Waals surface area (Å²) in [5.74, 6) is 0.234. The fourth-order valence-corrected chi connectivity index (χ4v) is 3.39. The second-order valence-electron chi connectivity index (χ2n) is 7.44. The van der Waals surface area contributed by atoms with Gasteiger partial charge in [-0.25, -0.2) is 0 Å². The Morgan fingerprint density at radius 1 is 0.840 bits per heavy atom. The van der Waals surface area contributed by atoms with Crippen LogP contribution in [0.4, 0.5) is 0 Å². The van der Waals surface area contributed by atoms with Crippen molar-refractivity contribution in [1.29, 1.82) is 0 Å². The maximum absolute atomic E-state index is 11.8. The molecule has 1 aliphatic heterocycles. The summed E-state index contributed by atoms with van der Waals surface area (Å²) in [4.78, 5) is 14.2. The molecule has 1 saturated heterocycles. The highest BCUT2D eigenvalue weighted by atomic mass is 16.5. The highest BCUT2D eigenvalue weighted by Gasteiger charge is 2.09. The maximum Gasteiger partial charge on any atom is 0.219 e. The van der Waals surface area contributed by atoms with Gasteiger partial charge in [-0.1, -0.05) is 71.1 Å². The van der Waals surface area contributed by atoms with Crippen molar-refractivity contribution < 1.29 is 9.53 Å². The molecule has 25 heavy (non-hydrogen) atoms. The van der Waals surface area contributed by atoms with E-state index >= 15 is 0 Å². The summed E-state index contributed by atoms with van der Waals surface area (Å²) >= 11 is 0. The number of unbranched alkanes of at least 4 members (excludes halogenated alkanes) is 10. The monoisotopic (exact) mass is 354 g/mol. The number of hydrogen-bond donors (Lipinski definition) is 1. The largest absolute Gasteiger partial charge is 0.379 e. The van der Waals surface area contributed by atoms with Crippen molar-refractivity contribution in [2.24, 2.45) is 0 Å². The molecule has 0 spiro atoms. The third-order valence-electron chi connectivity index (χ3n) is 5.08. The lowest BCUT2D eigenvalue weighted by atomic mass is 10.1. The quantitative estimate of drug-likeness (QED) is 0.414. The molecule has 0 atom stereocenters. The Bertz CT molecular complexity index is 304. The van der Waals surface area contributed by atoms with Gasteiger partial charge in [-0.05, 0) is 19.4 Å². The fraction of sp³-hybridized carbons (Fsp3) is 0.952. The Morgan fingerprint density at radius 3 is 2.00 bits per heavy atom. The van der Waals surface area contributed by atoms with E-state index in [1.54, 1.807) is 0 Å². The Morgan fingerprint density at radius 2 is 1.40 bits per heavy atom. The van der Waals surface area contributed by atoms with Crippen LogP contribution in [0, 0.1) is 0 Å². The molecule has 1 N–H and O–H groups in total. The zero-order valence-electron chi connectivity index (χ0n) is 16.7. The van der Waals surface area contributed by atoms with Gasteiger partial charge in [0.1, 0.15) is 0 Å². The van der Waals surface area contributed by atoms with E-state index in [1.165, 1.54) is 64.2 Å². The number of carbonyl (C=O) groups excluding carboxylic acids is 1. The number of rotatable bonds is 16. The smallest absolute Gasteiger partial charge is 0.219 e. The Kier molecular flexibility index (Phi) is 15.1. The second-order valence-corrected chi connectivity index (χ2v) is 7.44. The Balaban J connectivity index is 1.76. The number of ether oxygens (including phenoxy) is 1. The topological polar surface area (TPSA) is 41.6 Å². The molecule has 0 saturated carbocycles. The first-order chi connectivity index (χ1) is 12.3. The van der Waals surface area contributed by atoms with Crippen molar-refractivity contribution >= 4 is 5.91 Å². The number of nitrogens with one attached hydrogen (secondary N) is 1. The van der Waals surface area contributed by atoms with Gasteiger partial charge in [-0.15, -0.1) is 0 Å². The molecule has 1 amide bonds. The lowest BCUT2D eigenvalue weighted by Gasteiger charge is -2.26. The standard InChI is InChI=1S/C21H42N2O2/c1-2-3-4-5-6-7-8-9-10-11-12-14-21(24)22-15-13-16-23-17-19-25-20-18-23/h2-20H2,1H3,(H,22,24). The molecule has 0 unspecified atom stereocenters. The summed E-state index contributed by atoms with van der Waals surface area (Å²) in [6.07, 6.45) is 16.4. The molecule has 0 aromatic heterocycles. The van der Waals surface area contributed by atoms with Crippen molar-refractivity contribution in [1.82, 2.24) is 10.2 Å². The highest BCUT2D eigenvalue weighted by Crippen LogP contribution is 2.11. The van der Waals surface area contributed by atoms with E-state index in [4.69, 9.17) is 4.74 Å². The molecule has 1 aliphatic rings. The van der Waals surface area contributed by atoms with Crippen molar-refractivity contribution in [3.05, 3.63) is 0 Å². The fourth-order valence-electron chi connectivity index (χ4n) is 3.39. The van der Waals surface area contributed by atoms with Crippen LogP contribution in [-0.2, 0) is 9.53 Å². The molecule has 0 aromatic carbocycles. The molecular formula is C21H42N2O2. The number of carbonyl (C=O) groups is 1. The van der Waals surface area contributed by atoms with E-state index in [2.05, 4.69) is 17.1 Å². The van der Waals surface area contributed by atoms with Crippen LogP contribution in [0.15, 0.2) is 0 Å². The predicted octanol–water partition coefficient (Wildman–Crippen LogP) is 4.53. The van der Waals surface area contributed by atoms with Crippen LogP contribution in [0.25, 0.3) is 0 Å². The molecule has 1 rings (SSSR count). The van der Waals surface area contributed by atoms with Crippen LogP contribution in [0.2, 0.25) is 0 Å². The van der Waals surface area contributed by atoms with Gasteiger partial charge in [0.2, 0.25) is 5.91 Å². The normalized spacial score (nSPS) is 15.4. The average molecular weight is 355 g/mol. The summed E-state index contributed by atoms with van der Waals surface area (Å²) in [5, 5.41) is 3.06. The van der Waals surface area contributed by atoms with Gasteiger partial charge < -0.3 is 10.1 Å². The van der Waals surface area contributed by atoms with E-state index in [0.717, 1.165) is 52.2 Å². The molecule has 4 heteroatoms. The second kappa shape index (κ2) is 16.8. The predicted molar refractivity (Wildman–Crippen MR) is 106 cm³/mol. The first kappa shape index (κ1) is 22.4. The lowest BCUT2D eigenvalue weighted by Crippen LogP contribution is -2.38. The summed E-state index contributed by atoms with van der Waals surface area (Å²) in [7, 11) is 0. The Labute approximate surface area is 156 Å². The zero-order valence-corrected chi connectivity index (χ0v) is 16.7. The first-order valence-electron chi connectivity index (χ1n) is 10.9. The van der Waals surface area contributed by atoms with Gasteiger partial charge in [-0.2, -0.15) is 0 Å². The van der Waals surface area contributed by atoms with Crippen LogP contribution in [0.3, 0.4) is 0 Å². The molecule has 1 heterocycles. The maximum atomic E-state index is 11.8. The minimum atomic E-state index is 0.234. The highest BCUT2D eigenvalue weighted by molar-refractivity contribution is 5.75. The molecule has 0 aromatic rings. The average Bonchev–Trinajstić information content (AvgIpc) is 2.64. The van der Waals surface area contributed by atoms with Crippen molar-refractivity contribution in [2.75, 3.05) is 39.4 Å². The van der Waals surface area contributed by atoms with E-state index < -0.39 is 0 Å². The summed E-state index contributed by atoms with van der Waals surface area (Å²) in [5.41, 5.74) is 0. The van der Waals surface area contributed by atoms with Crippen molar-refractivity contribution in [3.63, 3.8) is 0 Å². The minimum absolute atomic E-state index is 0.234. The van der Waals surface area contributed by atoms with Gasteiger partial charge >= 0.3 is 0 Å². The SMILES string of the molecule is CCCCCCCCCCCCCC(=O)NCCCN1CCOCC1. The minimum Gasteiger partial charge on any atom is -0.379 e. The van der Waals surface area contributed by atoms with E-state index in [9.17, 15) is 4.79 Å². The molecule has 1 fully saturated rings. The van der Waals surface area contributed by atoms with Crippen LogP contribution in [0.1, 0.15) is 90.4 Å². The van der Waals surface area contributed by atoms with Gasteiger partial charge in [0.05, 0.1) is 13.2 Å². The van der Waals surface area contributed by atoms with Crippen LogP contribution in [0.5, 0.6) is 0 Å². The van der Waals surface area contributed by atoms with E-state index in [0.29, 0.717) is 6.42 Å². The number of hydrogen-bond acceptors (Lipinski definition) is 3. The molecule has 0 bridgehead atoms. The Hall–Kier alpha value is -0.610. The van der Waals surface area contributed by atoms with Gasteiger partial charge in [0, 0.05) is 26.1 Å². The third kappa shape index (κ3) is 14.3. The van der Waals surface area contributed by atoms with Crippen LogP contribution < -0.4 is 5.32 Å². The molecule has 0 radical (unpaired) electrons. The third-order valence-corrected chi connectivity index (χ3v) is 5.08. The summed E-state index contributed by atoms with van der Waals surface area (Å²) in [6.45, 7) is 7.93. The van der Waals surface area contributed by atoms with Gasteiger partial charge in [0.25, 0.3) is 0 Å². The summed E-state index contributed by atoms with van der Waals surface area (Å²) < 4.78 is 5.34. The lowest BCUT2D eigenvalue weighted by molar-refractivity contribution is -0.121. The summed E-state index contributed by atoms with van der Waals surface area (Å²) in [6, 6.07) is 0. The number of nitrogens with zero attached hydrogens (tertiary/aromatic N) is 1. The number of amides is 1. The first-order valence-corrected chi connectivity index (χ1v) is 10.9. The van der Waals surface area contributed by atoms with Gasteiger partial charge in [-0.3, -0.25) is 9.69 Å². The van der Waals surface area contributed by atoms with E-state index in [-0.39, 0.29) is 5.91 Å². The zero-order chi connectivity index (χ0) is 18.0. The molecule has 4 nitrogen and oxygen atoms in total. The van der Waals surface area contributed by atoms with Crippen LogP contribution >= 0.6 is 0 Å². The molecule has 148 valence electrons. The molecular weight excluding hydrogens is 312 g/mol. The number of morpholine rings is 1. The van der Waals surface area contributed by atoms with E-state index in [1.807, 2.05) is 0 Å². The van der Waals surface area contributed by atoms with Crippen molar-refractivity contribution in [2.45, 2.75) is 90.4 Å². The van der Waals surface area contributed by atoms with Crippen molar-refractivity contribution in [3.8, 4) is 0 Å². The van der Waals surface area contributed by atoms with Gasteiger partial charge in [0.15, 0.2) is 0 Å².